The fourth-order valence-electron chi connectivity index (χ4n) is 1.29. The van der Waals surface area contributed by atoms with Crippen LogP contribution in [0.1, 0.15) is 5.56 Å². The lowest BCUT2D eigenvalue weighted by molar-refractivity contribution is -0.137. The van der Waals surface area contributed by atoms with Crippen molar-refractivity contribution < 1.29 is 13.2 Å². The predicted octanol–water partition coefficient (Wildman–Crippen LogP) is 2.14. The van der Waals surface area contributed by atoms with Crippen molar-refractivity contribution in [2.24, 2.45) is 0 Å². The van der Waals surface area contributed by atoms with Crippen LogP contribution in [0.15, 0.2) is 30.9 Å². The monoisotopic (exact) mass is 240 g/mol. The Kier molecular flexibility index (Phi) is 2.66. The highest BCUT2D eigenvalue weighted by atomic mass is 19.4. The van der Waals surface area contributed by atoms with Crippen molar-refractivity contribution >= 4 is 5.82 Å². The van der Waals surface area contributed by atoms with E-state index in [2.05, 4.69) is 15.0 Å². The van der Waals surface area contributed by atoms with Crippen LogP contribution < -0.4 is 5.73 Å². The van der Waals surface area contributed by atoms with Crippen molar-refractivity contribution in [2.45, 2.75) is 6.18 Å². The molecule has 0 radical (unpaired) electrons. The maximum Gasteiger partial charge on any atom is 0.416 e. The van der Waals surface area contributed by atoms with Gasteiger partial charge in [0, 0.05) is 18.0 Å². The fraction of sp³-hybridized carbons (Fsp3) is 0.100. The molecule has 2 N–H and O–H groups in total. The second-order valence-corrected chi connectivity index (χ2v) is 3.29. The molecule has 7 heteroatoms. The molecule has 0 unspecified atom stereocenters. The second kappa shape index (κ2) is 4.00. The summed E-state index contributed by atoms with van der Waals surface area (Å²) >= 11 is 0. The lowest BCUT2D eigenvalue weighted by Crippen LogP contribution is -2.07. The van der Waals surface area contributed by atoms with Crippen molar-refractivity contribution in [1.82, 2.24) is 15.0 Å². The van der Waals surface area contributed by atoms with Crippen LogP contribution in [0.2, 0.25) is 0 Å². The van der Waals surface area contributed by atoms with Gasteiger partial charge in [0.25, 0.3) is 0 Å². The van der Waals surface area contributed by atoms with Gasteiger partial charge in [-0.3, -0.25) is 0 Å². The third-order valence-corrected chi connectivity index (χ3v) is 2.03. The topological polar surface area (TPSA) is 64.7 Å². The Bertz CT molecular complexity index is 525. The van der Waals surface area contributed by atoms with Gasteiger partial charge >= 0.3 is 6.18 Å². The highest BCUT2D eigenvalue weighted by molar-refractivity contribution is 5.60. The van der Waals surface area contributed by atoms with Gasteiger partial charge in [0.1, 0.15) is 12.1 Å². The molecule has 0 spiro atoms. The van der Waals surface area contributed by atoms with E-state index in [4.69, 9.17) is 5.73 Å². The summed E-state index contributed by atoms with van der Waals surface area (Å²) in [5.74, 6) is -0.196. The van der Waals surface area contributed by atoms with Crippen LogP contribution >= 0.6 is 0 Å². The standard InChI is InChI=1S/C10H7F3N4/c11-10(12,13)7-1-8(17-9(14)2-7)6-3-15-5-16-4-6/h1-5H,(H2,14,17). The average Bonchev–Trinajstić information content (AvgIpc) is 2.28. The Morgan fingerprint density at radius 1 is 1.06 bits per heavy atom. The number of halogens is 3. The summed E-state index contributed by atoms with van der Waals surface area (Å²) in [7, 11) is 0. The summed E-state index contributed by atoms with van der Waals surface area (Å²) in [5.41, 5.74) is 4.97. The molecule has 0 bridgehead atoms. The molecule has 0 saturated carbocycles. The van der Waals surface area contributed by atoms with E-state index in [0.29, 0.717) is 5.56 Å². The zero-order chi connectivity index (χ0) is 12.5. The molecular formula is C10H7F3N4. The van der Waals surface area contributed by atoms with E-state index in [1.165, 1.54) is 18.7 Å². The van der Waals surface area contributed by atoms with Crippen LogP contribution in [0.4, 0.5) is 19.0 Å². The number of pyridine rings is 1. The molecule has 0 aliphatic carbocycles. The number of hydrogen-bond donors (Lipinski definition) is 1. The smallest absolute Gasteiger partial charge is 0.384 e. The number of nitrogens with two attached hydrogens (primary N) is 1. The van der Waals surface area contributed by atoms with E-state index >= 15 is 0 Å². The predicted molar refractivity (Wildman–Crippen MR) is 54.7 cm³/mol. The Labute approximate surface area is 94.3 Å². The summed E-state index contributed by atoms with van der Waals surface area (Å²) in [5, 5.41) is 0. The van der Waals surface area contributed by atoms with Crippen LogP contribution in [0, 0.1) is 0 Å². The molecule has 0 atom stereocenters. The van der Waals surface area contributed by atoms with E-state index < -0.39 is 11.7 Å². The Balaban J connectivity index is 2.54. The molecule has 2 heterocycles. The van der Waals surface area contributed by atoms with Gasteiger partial charge in [-0.15, -0.1) is 0 Å². The number of hydrogen-bond acceptors (Lipinski definition) is 4. The molecule has 0 aliphatic heterocycles. The van der Waals surface area contributed by atoms with Crippen LogP contribution in [0.3, 0.4) is 0 Å². The fourth-order valence-corrected chi connectivity index (χ4v) is 1.29. The van der Waals surface area contributed by atoms with Gasteiger partial charge in [-0.2, -0.15) is 13.2 Å². The van der Waals surface area contributed by atoms with Gasteiger partial charge in [-0.05, 0) is 12.1 Å². The molecule has 0 amide bonds. The highest BCUT2D eigenvalue weighted by Crippen LogP contribution is 2.32. The minimum atomic E-state index is -4.46. The molecule has 0 fully saturated rings. The molecule has 0 aromatic carbocycles. The van der Waals surface area contributed by atoms with E-state index in [-0.39, 0.29) is 11.5 Å². The summed E-state index contributed by atoms with van der Waals surface area (Å²) in [6, 6.07) is 1.70. The quantitative estimate of drug-likeness (QED) is 0.829. The molecular weight excluding hydrogens is 233 g/mol. The average molecular weight is 240 g/mol. The van der Waals surface area contributed by atoms with Crippen LogP contribution in [-0.4, -0.2) is 15.0 Å². The third-order valence-electron chi connectivity index (χ3n) is 2.03. The summed E-state index contributed by atoms with van der Waals surface area (Å²) < 4.78 is 37.6. The van der Waals surface area contributed by atoms with Crippen molar-refractivity contribution in [3.05, 3.63) is 36.4 Å². The van der Waals surface area contributed by atoms with Crippen LogP contribution in [0.5, 0.6) is 0 Å². The summed E-state index contributed by atoms with van der Waals surface area (Å²) in [6.07, 6.45) is -0.439. The van der Waals surface area contributed by atoms with E-state index in [9.17, 15) is 13.2 Å². The van der Waals surface area contributed by atoms with Crippen LogP contribution in [-0.2, 0) is 6.18 Å². The number of nitrogens with zero attached hydrogens (tertiary/aromatic N) is 3. The molecule has 88 valence electrons. The Morgan fingerprint density at radius 3 is 2.29 bits per heavy atom. The van der Waals surface area contributed by atoms with Gasteiger partial charge < -0.3 is 5.73 Å². The maximum absolute atomic E-state index is 12.5. The van der Waals surface area contributed by atoms with E-state index in [0.717, 1.165) is 12.1 Å². The molecule has 0 aliphatic rings. The summed E-state index contributed by atoms with van der Waals surface area (Å²) in [4.78, 5) is 11.2. The first kappa shape index (κ1) is 11.3. The molecule has 2 aromatic rings. The third kappa shape index (κ3) is 2.49. The Hall–Kier alpha value is -2.18. The van der Waals surface area contributed by atoms with Crippen molar-refractivity contribution in [3.63, 3.8) is 0 Å². The SMILES string of the molecule is Nc1cc(C(F)(F)F)cc(-c2cncnc2)n1. The molecule has 2 aromatic heterocycles. The number of rotatable bonds is 1. The number of alkyl halides is 3. The van der Waals surface area contributed by atoms with E-state index in [1.54, 1.807) is 0 Å². The molecule has 0 saturated heterocycles. The number of aromatic nitrogens is 3. The van der Waals surface area contributed by atoms with Crippen molar-refractivity contribution in [1.29, 1.82) is 0 Å². The normalized spacial score (nSPS) is 11.5. The van der Waals surface area contributed by atoms with Crippen molar-refractivity contribution in [2.75, 3.05) is 5.73 Å². The zero-order valence-electron chi connectivity index (χ0n) is 8.44. The van der Waals surface area contributed by atoms with E-state index in [1.807, 2.05) is 0 Å². The first-order chi connectivity index (χ1) is 7.97. The Morgan fingerprint density at radius 2 is 1.71 bits per heavy atom. The zero-order valence-corrected chi connectivity index (χ0v) is 8.44. The van der Waals surface area contributed by atoms with Gasteiger partial charge in [-0.25, -0.2) is 15.0 Å². The van der Waals surface area contributed by atoms with Gasteiger partial charge in [-0.1, -0.05) is 0 Å². The molecule has 17 heavy (non-hydrogen) atoms. The lowest BCUT2D eigenvalue weighted by atomic mass is 10.1. The number of anilines is 1. The van der Waals surface area contributed by atoms with Crippen molar-refractivity contribution in [3.8, 4) is 11.3 Å². The summed E-state index contributed by atoms with van der Waals surface area (Å²) in [6.45, 7) is 0. The lowest BCUT2D eigenvalue weighted by Gasteiger charge is -2.09. The molecule has 2 rings (SSSR count). The first-order valence-corrected chi connectivity index (χ1v) is 4.57. The first-order valence-electron chi connectivity index (χ1n) is 4.57. The van der Waals surface area contributed by atoms with Crippen LogP contribution in [0.25, 0.3) is 11.3 Å². The largest absolute Gasteiger partial charge is 0.416 e. The molecule has 4 nitrogen and oxygen atoms in total. The highest BCUT2D eigenvalue weighted by Gasteiger charge is 2.31. The maximum atomic E-state index is 12.5. The van der Waals surface area contributed by atoms with Gasteiger partial charge in [0.05, 0.1) is 11.3 Å². The van der Waals surface area contributed by atoms with Gasteiger partial charge in [0.2, 0.25) is 0 Å². The second-order valence-electron chi connectivity index (χ2n) is 3.29. The number of nitrogen functional groups attached to an aromatic ring is 1. The minimum Gasteiger partial charge on any atom is -0.384 e. The van der Waals surface area contributed by atoms with Gasteiger partial charge in [0.15, 0.2) is 0 Å². The minimum absolute atomic E-state index is 0.0953.